The fourth-order valence-electron chi connectivity index (χ4n) is 2.20. The number of benzene rings is 1. The molecular formula is C16H15ClN6O4S. The molecule has 3 rings (SSSR count). The number of hydrogen-bond acceptors (Lipinski definition) is 9. The van der Waals surface area contributed by atoms with Gasteiger partial charge in [0, 0.05) is 23.9 Å². The Bertz CT molecular complexity index is 1040. The number of nitrogens with two attached hydrogens (primary N) is 1. The van der Waals surface area contributed by atoms with Crippen molar-refractivity contribution in [2.24, 2.45) is 0 Å². The quantitative estimate of drug-likeness (QED) is 0.430. The fourth-order valence-corrected chi connectivity index (χ4v) is 3.15. The molecule has 28 heavy (non-hydrogen) atoms. The molecule has 2 aromatic heterocycles. The van der Waals surface area contributed by atoms with Gasteiger partial charge in [0.1, 0.15) is 12.4 Å². The molecule has 0 aliphatic carbocycles. The molecule has 3 N–H and O–H groups in total. The summed E-state index contributed by atoms with van der Waals surface area (Å²) < 4.78 is 11.6. The average molecular weight is 423 g/mol. The second-order valence-electron chi connectivity index (χ2n) is 5.38. The van der Waals surface area contributed by atoms with E-state index in [0.717, 1.165) is 11.8 Å². The van der Waals surface area contributed by atoms with E-state index in [0.29, 0.717) is 10.7 Å². The standard InChI is InChI=1S/C16H15ClN6O4S/c1-26-7-14-21-22-15(27-14)19-13(25)8-28-16-20-12(24)6-11(18)23(16)10-4-2-9(17)3-5-10/h2-6H,7-8,18H2,1H3,(H,19,22,25). The lowest BCUT2D eigenvalue weighted by atomic mass is 10.3. The van der Waals surface area contributed by atoms with E-state index in [4.69, 9.17) is 26.5 Å². The molecule has 0 bridgehead atoms. The highest BCUT2D eigenvalue weighted by Crippen LogP contribution is 2.23. The van der Waals surface area contributed by atoms with Gasteiger partial charge in [-0.15, -0.1) is 5.10 Å². The van der Waals surface area contributed by atoms with Gasteiger partial charge in [0.15, 0.2) is 5.16 Å². The van der Waals surface area contributed by atoms with Crippen molar-refractivity contribution in [3.63, 3.8) is 0 Å². The lowest BCUT2D eigenvalue weighted by molar-refractivity contribution is -0.113. The number of aromatic nitrogens is 4. The van der Waals surface area contributed by atoms with Crippen molar-refractivity contribution in [2.75, 3.05) is 23.9 Å². The number of anilines is 2. The van der Waals surface area contributed by atoms with E-state index < -0.39 is 11.5 Å². The van der Waals surface area contributed by atoms with E-state index in [-0.39, 0.29) is 35.2 Å². The molecule has 0 unspecified atom stereocenters. The van der Waals surface area contributed by atoms with Crippen LogP contribution in [0.4, 0.5) is 11.8 Å². The van der Waals surface area contributed by atoms with Gasteiger partial charge in [-0.2, -0.15) is 4.98 Å². The normalized spacial score (nSPS) is 10.8. The first-order valence-electron chi connectivity index (χ1n) is 7.85. The minimum absolute atomic E-state index is 0.0479. The number of nitrogen functional groups attached to an aromatic ring is 1. The van der Waals surface area contributed by atoms with Crippen molar-refractivity contribution >= 4 is 41.1 Å². The minimum atomic E-state index is -0.508. The summed E-state index contributed by atoms with van der Waals surface area (Å²) in [5.41, 5.74) is 6.13. The maximum absolute atomic E-state index is 12.2. The van der Waals surface area contributed by atoms with Crippen LogP contribution >= 0.6 is 23.4 Å². The summed E-state index contributed by atoms with van der Waals surface area (Å²) in [4.78, 5) is 27.9. The Kier molecular flexibility index (Phi) is 6.29. The summed E-state index contributed by atoms with van der Waals surface area (Å²) >= 11 is 6.94. The van der Waals surface area contributed by atoms with E-state index in [1.165, 1.54) is 13.2 Å². The van der Waals surface area contributed by atoms with Gasteiger partial charge in [0.2, 0.25) is 11.8 Å². The second kappa shape index (κ2) is 8.87. The third-order valence-electron chi connectivity index (χ3n) is 3.32. The molecule has 1 aromatic carbocycles. The average Bonchev–Trinajstić information content (AvgIpc) is 3.08. The van der Waals surface area contributed by atoms with Gasteiger partial charge in [-0.25, -0.2) is 0 Å². The number of ether oxygens (including phenoxy) is 1. The molecule has 12 heteroatoms. The van der Waals surface area contributed by atoms with Gasteiger partial charge in [0.05, 0.1) is 5.75 Å². The molecule has 0 radical (unpaired) electrons. The Hall–Kier alpha value is -2.89. The van der Waals surface area contributed by atoms with Gasteiger partial charge >= 0.3 is 6.01 Å². The fraction of sp³-hybridized carbons (Fsp3) is 0.188. The Labute approximate surface area is 168 Å². The van der Waals surface area contributed by atoms with Crippen LogP contribution in [-0.2, 0) is 16.1 Å². The van der Waals surface area contributed by atoms with Crippen molar-refractivity contribution in [3.05, 3.63) is 51.6 Å². The van der Waals surface area contributed by atoms with E-state index in [1.54, 1.807) is 28.8 Å². The topological polar surface area (TPSA) is 138 Å². The maximum atomic E-state index is 12.2. The zero-order valence-electron chi connectivity index (χ0n) is 14.6. The van der Waals surface area contributed by atoms with E-state index in [2.05, 4.69) is 20.5 Å². The highest BCUT2D eigenvalue weighted by molar-refractivity contribution is 7.99. The van der Waals surface area contributed by atoms with Crippen molar-refractivity contribution in [1.82, 2.24) is 19.7 Å². The Morgan fingerprint density at radius 1 is 1.36 bits per heavy atom. The summed E-state index contributed by atoms with van der Waals surface area (Å²) in [5, 5.41) is 10.7. The number of rotatable bonds is 7. The molecule has 146 valence electrons. The molecule has 0 aliphatic rings. The first kappa shape index (κ1) is 19.9. The monoisotopic (exact) mass is 422 g/mol. The minimum Gasteiger partial charge on any atom is -0.405 e. The van der Waals surface area contributed by atoms with Crippen LogP contribution in [0.3, 0.4) is 0 Å². The number of nitrogens with zero attached hydrogens (tertiary/aromatic N) is 4. The summed E-state index contributed by atoms with van der Waals surface area (Å²) in [5.74, 6) is -0.0614. The van der Waals surface area contributed by atoms with Crippen LogP contribution in [0, 0.1) is 0 Å². The van der Waals surface area contributed by atoms with Gasteiger partial charge < -0.3 is 14.9 Å². The first-order valence-corrected chi connectivity index (χ1v) is 9.22. The van der Waals surface area contributed by atoms with Crippen LogP contribution in [0.2, 0.25) is 5.02 Å². The van der Waals surface area contributed by atoms with Crippen molar-refractivity contribution in [1.29, 1.82) is 0 Å². The van der Waals surface area contributed by atoms with Crippen molar-refractivity contribution in [2.45, 2.75) is 11.8 Å². The largest absolute Gasteiger partial charge is 0.405 e. The SMILES string of the molecule is COCc1nnc(NC(=O)CSc2nc(=O)cc(N)n2-c2ccc(Cl)cc2)o1. The summed E-state index contributed by atoms with van der Waals surface area (Å²) in [7, 11) is 1.48. The molecule has 0 fully saturated rings. The summed E-state index contributed by atoms with van der Waals surface area (Å²) in [6.45, 7) is 0.137. The van der Waals surface area contributed by atoms with Gasteiger partial charge in [-0.05, 0) is 24.3 Å². The van der Waals surface area contributed by atoms with Crippen molar-refractivity contribution < 1.29 is 13.9 Å². The molecule has 0 saturated carbocycles. The zero-order valence-corrected chi connectivity index (χ0v) is 16.2. The number of halogens is 1. The third-order valence-corrected chi connectivity index (χ3v) is 4.52. The lowest BCUT2D eigenvalue weighted by Crippen LogP contribution is -2.19. The third kappa shape index (κ3) is 4.88. The Balaban J connectivity index is 1.75. The van der Waals surface area contributed by atoms with E-state index in [1.807, 2.05) is 0 Å². The number of carbonyl (C=O) groups excluding carboxylic acids is 1. The van der Waals surface area contributed by atoms with Crippen LogP contribution in [0.25, 0.3) is 5.69 Å². The number of thioether (sulfide) groups is 1. The molecule has 0 saturated heterocycles. The number of hydrogen-bond donors (Lipinski definition) is 2. The molecule has 1 amide bonds. The Morgan fingerprint density at radius 3 is 2.82 bits per heavy atom. The van der Waals surface area contributed by atoms with Crippen LogP contribution in [0.1, 0.15) is 5.89 Å². The van der Waals surface area contributed by atoms with E-state index >= 15 is 0 Å². The lowest BCUT2D eigenvalue weighted by Gasteiger charge is -2.14. The molecule has 10 nitrogen and oxygen atoms in total. The number of amides is 1. The summed E-state index contributed by atoms with van der Waals surface area (Å²) in [6, 6.07) is 7.98. The number of methoxy groups -OCH3 is 1. The van der Waals surface area contributed by atoms with E-state index in [9.17, 15) is 9.59 Å². The van der Waals surface area contributed by atoms with Gasteiger partial charge in [-0.3, -0.25) is 19.5 Å². The predicted molar refractivity (Wildman–Crippen MR) is 104 cm³/mol. The number of carbonyl (C=O) groups is 1. The maximum Gasteiger partial charge on any atom is 0.322 e. The molecule has 0 atom stereocenters. The molecule has 2 heterocycles. The molecular weight excluding hydrogens is 408 g/mol. The van der Waals surface area contributed by atoms with Gasteiger partial charge in [0.25, 0.3) is 5.56 Å². The molecule has 0 aliphatic heterocycles. The highest BCUT2D eigenvalue weighted by Gasteiger charge is 2.14. The zero-order chi connectivity index (χ0) is 20.1. The van der Waals surface area contributed by atoms with Crippen molar-refractivity contribution in [3.8, 4) is 5.69 Å². The first-order chi connectivity index (χ1) is 13.5. The van der Waals surface area contributed by atoms with Crippen LogP contribution in [-0.4, -0.2) is 38.5 Å². The van der Waals surface area contributed by atoms with Crippen LogP contribution < -0.4 is 16.6 Å². The van der Waals surface area contributed by atoms with Gasteiger partial charge in [-0.1, -0.05) is 28.5 Å². The van der Waals surface area contributed by atoms with Crippen LogP contribution in [0.15, 0.2) is 44.7 Å². The summed E-state index contributed by atoms with van der Waals surface area (Å²) in [6.07, 6.45) is 0. The molecule has 3 aromatic rings. The number of nitrogens with one attached hydrogen (secondary N) is 1. The van der Waals surface area contributed by atoms with Crippen LogP contribution in [0.5, 0.6) is 0 Å². The Morgan fingerprint density at radius 2 is 2.11 bits per heavy atom. The predicted octanol–water partition coefficient (Wildman–Crippen LogP) is 1.73. The smallest absolute Gasteiger partial charge is 0.322 e. The molecule has 0 spiro atoms. The highest BCUT2D eigenvalue weighted by atomic mass is 35.5. The second-order valence-corrected chi connectivity index (χ2v) is 6.76.